The fraction of sp³-hybridized carbons (Fsp3) is 0.682. The van der Waals surface area contributed by atoms with E-state index in [1.807, 2.05) is 65.0 Å². The summed E-state index contributed by atoms with van der Waals surface area (Å²) >= 11 is 0. The van der Waals surface area contributed by atoms with E-state index in [0.29, 0.717) is 6.42 Å². The van der Waals surface area contributed by atoms with Gasteiger partial charge in [0, 0.05) is 19.6 Å². The molecule has 1 aromatic carbocycles. The number of esters is 1. The summed E-state index contributed by atoms with van der Waals surface area (Å²) in [5.41, 5.74) is 1.09. The summed E-state index contributed by atoms with van der Waals surface area (Å²) in [4.78, 5) is 12.8. The van der Waals surface area contributed by atoms with Crippen LogP contribution in [-0.2, 0) is 28.5 Å². The lowest BCUT2D eigenvalue weighted by Crippen LogP contribution is -2.45. The molecule has 29 heavy (non-hydrogen) atoms. The second-order valence-corrected chi connectivity index (χ2v) is 8.42. The molecule has 7 nitrogen and oxygen atoms in total. The van der Waals surface area contributed by atoms with Gasteiger partial charge in [-0.15, -0.1) is 0 Å². The molecule has 2 saturated heterocycles. The summed E-state index contributed by atoms with van der Waals surface area (Å²) in [6.45, 7) is 9.45. The standard InChI is InChI=1S/C22H33NO6/c1-13(2)26-20(24)16(23-14(3)15-10-8-7-9-11-15)12-17-18-19(21(25-6)27-17)29-22(4,5)28-18/h7-11,13-14,16-19,21,23H,12H2,1-6H3/t14-,16+,17+,18-,19-,21+/m0/s1. The summed E-state index contributed by atoms with van der Waals surface area (Å²) in [5.74, 6) is -1.02. The van der Waals surface area contributed by atoms with Crippen molar-refractivity contribution in [3.8, 4) is 0 Å². The molecule has 2 aliphatic rings. The number of nitrogens with one attached hydrogen (secondary N) is 1. The highest BCUT2D eigenvalue weighted by molar-refractivity contribution is 5.76. The molecule has 7 heteroatoms. The third kappa shape index (κ3) is 5.35. The van der Waals surface area contributed by atoms with Crippen molar-refractivity contribution in [2.75, 3.05) is 7.11 Å². The maximum absolute atomic E-state index is 12.8. The summed E-state index contributed by atoms with van der Waals surface area (Å²) in [6.07, 6.45) is -1.32. The normalized spacial score (nSPS) is 30.2. The molecule has 0 radical (unpaired) electrons. The number of rotatable bonds is 8. The maximum Gasteiger partial charge on any atom is 0.323 e. The van der Waals surface area contributed by atoms with Crippen LogP contribution in [0.5, 0.6) is 0 Å². The average molecular weight is 408 g/mol. The quantitative estimate of drug-likeness (QED) is 0.664. The molecule has 0 saturated carbocycles. The fourth-order valence-corrected chi connectivity index (χ4v) is 3.94. The van der Waals surface area contributed by atoms with Crippen LogP contribution in [0, 0.1) is 0 Å². The second-order valence-electron chi connectivity index (χ2n) is 8.42. The zero-order chi connectivity index (χ0) is 21.2. The van der Waals surface area contributed by atoms with E-state index in [0.717, 1.165) is 5.56 Å². The Morgan fingerprint density at radius 2 is 1.79 bits per heavy atom. The molecule has 1 N–H and O–H groups in total. The predicted octanol–water partition coefficient (Wildman–Crippen LogP) is 2.94. The molecule has 2 fully saturated rings. The minimum absolute atomic E-state index is 0.0338. The highest BCUT2D eigenvalue weighted by Gasteiger charge is 2.56. The van der Waals surface area contributed by atoms with Gasteiger partial charge in [0.15, 0.2) is 12.1 Å². The van der Waals surface area contributed by atoms with Gasteiger partial charge in [-0.3, -0.25) is 10.1 Å². The first kappa shape index (κ1) is 22.2. The topological polar surface area (TPSA) is 75.3 Å². The number of benzene rings is 1. The van der Waals surface area contributed by atoms with Crippen LogP contribution in [0.3, 0.4) is 0 Å². The Morgan fingerprint density at radius 1 is 1.14 bits per heavy atom. The maximum atomic E-state index is 12.8. The minimum atomic E-state index is -0.715. The molecule has 6 atom stereocenters. The molecule has 3 rings (SSSR count). The summed E-state index contributed by atoms with van der Waals surface area (Å²) < 4.78 is 29.0. The SMILES string of the molecule is CO[C@@H]1O[C@H](C[C@@H](N[C@@H](C)c2ccccc2)C(=O)OC(C)C)[C@@H]2OC(C)(C)O[C@H]12. The molecule has 162 valence electrons. The summed E-state index contributed by atoms with van der Waals surface area (Å²) in [6, 6.07) is 9.40. The molecule has 1 aromatic rings. The Morgan fingerprint density at radius 3 is 2.41 bits per heavy atom. The Labute approximate surface area is 173 Å². The molecular formula is C22H33NO6. The summed E-state index contributed by atoms with van der Waals surface area (Å²) in [7, 11) is 1.58. The van der Waals surface area contributed by atoms with Gasteiger partial charge in [-0.05, 0) is 40.2 Å². The van der Waals surface area contributed by atoms with Gasteiger partial charge in [0.25, 0.3) is 0 Å². The van der Waals surface area contributed by atoms with E-state index in [1.165, 1.54) is 0 Å². The lowest BCUT2D eigenvalue weighted by Gasteiger charge is -2.28. The molecule has 0 aromatic heterocycles. The number of ether oxygens (including phenoxy) is 5. The Balaban J connectivity index is 1.75. The van der Waals surface area contributed by atoms with Crippen molar-refractivity contribution in [1.82, 2.24) is 5.32 Å². The van der Waals surface area contributed by atoms with Gasteiger partial charge >= 0.3 is 5.97 Å². The van der Waals surface area contributed by atoms with Crippen molar-refractivity contribution in [2.45, 2.75) is 89.6 Å². The lowest BCUT2D eigenvalue weighted by molar-refractivity contribution is -0.228. The number of hydrogen-bond donors (Lipinski definition) is 1. The third-order valence-electron chi connectivity index (χ3n) is 5.19. The molecular weight excluding hydrogens is 374 g/mol. The monoisotopic (exact) mass is 407 g/mol. The van der Waals surface area contributed by atoms with Crippen LogP contribution in [0.2, 0.25) is 0 Å². The van der Waals surface area contributed by atoms with E-state index in [1.54, 1.807) is 7.11 Å². The first-order valence-electron chi connectivity index (χ1n) is 10.3. The van der Waals surface area contributed by atoms with Crippen molar-refractivity contribution in [3.05, 3.63) is 35.9 Å². The second kappa shape index (κ2) is 9.10. The van der Waals surface area contributed by atoms with Crippen molar-refractivity contribution in [2.24, 2.45) is 0 Å². The first-order valence-corrected chi connectivity index (χ1v) is 10.3. The van der Waals surface area contributed by atoms with Crippen LogP contribution in [0.4, 0.5) is 0 Å². The minimum Gasteiger partial charge on any atom is -0.462 e. The van der Waals surface area contributed by atoms with Gasteiger partial charge in [0.2, 0.25) is 0 Å². The van der Waals surface area contributed by atoms with Crippen LogP contribution in [0.25, 0.3) is 0 Å². The van der Waals surface area contributed by atoms with Crippen LogP contribution in [-0.4, -0.2) is 55.6 Å². The van der Waals surface area contributed by atoms with E-state index < -0.39 is 18.1 Å². The largest absolute Gasteiger partial charge is 0.462 e. The average Bonchev–Trinajstić information content (AvgIpc) is 3.14. The van der Waals surface area contributed by atoms with E-state index in [2.05, 4.69) is 5.32 Å². The Kier molecular flexibility index (Phi) is 6.96. The van der Waals surface area contributed by atoms with E-state index in [-0.39, 0.29) is 36.4 Å². The van der Waals surface area contributed by atoms with Crippen molar-refractivity contribution >= 4 is 5.97 Å². The third-order valence-corrected chi connectivity index (χ3v) is 5.19. The zero-order valence-electron chi connectivity index (χ0n) is 18.1. The van der Waals surface area contributed by atoms with Crippen LogP contribution in [0.15, 0.2) is 30.3 Å². The Bertz CT molecular complexity index is 679. The lowest BCUT2D eigenvalue weighted by atomic mass is 10.0. The Hall–Kier alpha value is -1.51. The van der Waals surface area contributed by atoms with Crippen molar-refractivity contribution in [1.29, 1.82) is 0 Å². The highest BCUT2D eigenvalue weighted by atomic mass is 16.8. The van der Waals surface area contributed by atoms with Gasteiger partial charge in [-0.2, -0.15) is 0 Å². The van der Waals surface area contributed by atoms with Crippen molar-refractivity contribution < 1.29 is 28.5 Å². The number of methoxy groups -OCH3 is 1. The zero-order valence-corrected chi connectivity index (χ0v) is 18.1. The molecule has 0 aliphatic carbocycles. The number of carbonyl (C=O) groups excluding carboxylic acids is 1. The van der Waals surface area contributed by atoms with Gasteiger partial charge in [0.05, 0.1) is 12.2 Å². The van der Waals surface area contributed by atoms with E-state index in [4.69, 9.17) is 23.7 Å². The smallest absolute Gasteiger partial charge is 0.323 e. The molecule has 0 unspecified atom stereocenters. The van der Waals surface area contributed by atoms with Crippen LogP contribution >= 0.6 is 0 Å². The molecule has 0 amide bonds. The predicted molar refractivity (Wildman–Crippen MR) is 107 cm³/mol. The van der Waals surface area contributed by atoms with Crippen molar-refractivity contribution in [3.63, 3.8) is 0 Å². The molecule has 2 aliphatic heterocycles. The van der Waals surface area contributed by atoms with Gasteiger partial charge in [0.1, 0.15) is 18.2 Å². The number of fused-ring (bicyclic) bond motifs is 1. The molecule has 2 heterocycles. The van der Waals surface area contributed by atoms with E-state index in [9.17, 15) is 4.79 Å². The fourth-order valence-electron chi connectivity index (χ4n) is 3.94. The van der Waals surface area contributed by atoms with Gasteiger partial charge in [-0.25, -0.2) is 0 Å². The highest BCUT2D eigenvalue weighted by Crippen LogP contribution is 2.40. The first-order chi connectivity index (χ1) is 13.7. The van der Waals surface area contributed by atoms with E-state index >= 15 is 0 Å². The van der Waals surface area contributed by atoms with Crippen LogP contribution < -0.4 is 5.32 Å². The van der Waals surface area contributed by atoms with Gasteiger partial charge in [-0.1, -0.05) is 30.3 Å². The molecule has 0 spiro atoms. The van der Waals surface area contributed by atoms with Gasteiger partial charge < -0.3 is 23.7 Å². The number of carbonyl (C=O) groups is 1. The molecule has 0 bridgehead atoms. The van der Waals surface area contributed by atoms with Crippen LogP contribution in [0.1, 0.15) is 52.6 Å². The number of hydrogen-bond acceptors (Lipinski definition) is 7. The summed E-state index contributed by atoms with van der Waals surface area (Å²) in [5, 5.41) is 3.41.